The van der Waals surface area contributed by atoms with E-state index in [4.69, 9.17) is 4.52 Å². The normalized spacial score (nSPS) is 17.2. The summed E-state index contributed by atoms with van der Waals surface area (Å²) in [5, 5.41) is 7.16. The van der Waals surface area contributed by atoms with E-state index in [0.717, 1.165) is 50.3 Å². The molecule has 0 saturated carbocycles. The molecule has 27 heavy (non-hydrogen) atoms. The van der Waals surface area contributed by atoms with Crippen molar-refractivity contribution in [3.8, 4) is 0 Å². The first-order valence-corrected chi connectivity index (χ1v) is 9.16. The van der Waals surface area contributed by atoms with Gasteiger partial charge in [-0.2, -0.15) is 0 Å². The lowest BCUT2D eigenvalue weighted by molar-refractivity contribution is 0.124. The largest absolute Gasteiger partial charge is 0.364 e. The molecule has 8 heteroatoms. The number of guanidine groups is 1. The summed E-state index contributed by atoms with van der Waals surface area (Å²) in [5.41, 5.74) is 1.37. The molecular formula is C19H25F2N5O. The molecular weight excluding hydrogens is 352 g/mol. The fraction of sp³-hybridized carbons (Fsp3) is 0.474. The first-order chi connectivity index (χ1) is 13.1. The summed E-state index contributed by atoms with van der Waals surface area (Å²) in [5.74, 6) is -0.217. The highest BCUT2D eigenvalue weighted by Gasteiger charge is 2.27. The maximum absolute atomic E-state index is 14.2. The highest BCUT2D eigenvalue weighted by atomic mass is 19.1. The van der Waals surface area contributed by atoms with Gasteiger partial charge in [-0.05, 0) is 12.5 Å². The van der Waals surface area contributed by atoms with Gasteiger partial charge in [-0.15, -0.1) is 0 Å². The molecule has 146 valence electrons. The number of aromatic nitrogens is 1. The van der Waals surface area contributed by atoms with Crippen molar-refractivity contribution in [3.05, 3.63) is 53.4 Å². The van der Waals surface area contributed by atoms with E-state index in [0.29, 0.717) is 12.1 Å². The van der Waals surface area contributed by atoms with E-state index in [9.17, 15) is 8.78 Å². The SMILES string of the molecule is CCC(c1ccc(F)cc1F)N1CCN(C(=NC)NCc2ccon2)CC1. The van der Waals surface area contributed by atoms with Crippen LogP contribution in [0.15, 0.2) is 40.0 Å². The minimum Gasteiger partial charge on any atom is -0.364 e. The molecule has 0 radical (unpaired) electrons. The smallest absolute Gasteiger partial charge is 0.194 e. The minimum absolute atomic E-state index is 0.0575. The summed E-state index contributed by atoms with van der Waals surface area (Å²) < 4.78 is 32.3. The van der Waals surface area contributed by atoms with E-state index in [1.54, 1.807) is 19.2 Å². The van der Waals surface area contributed by atoms with Gasteiger partial charge in [0.15, 0.2) is 5.96 Å². The molecule has 0 bridgehead atoms. The number of piperazine rings is 1. The molecule has 2 aromatic rings. The van der Waals surface area contributed by atoms with Crippen LogP contribution in [0.1, 0.15) is 30.6 Å². The molecule has 0 amide bonds. The zero-order valence-electron chi connectivity index (χ0n) is 15.7. The Kier molecular flexibility index (Phi) is 6.39. The summed E-state index contributed by atoms with van der Waals surface area (Å²) >= 11 is 0. The van der Waals surface area contributed by atoms with Gasteiger partial charge in [-0.25, -0.2) is 8.78 Å². The topological polar surface area (TPSA) is 56.9 Å². The molecule has 1 fully saturated rings. The molecule has 1 unspecified atom stereocenters. The van der Waals surface area contributed by atoms with Crippen LogP contribution in [0, 0.1) is 11.6 Å². The van der Waals surface area contributed by atoms with Gasteiger partial charge in [0.1, 0.15) is 23.6 Å². The maximum Gasteiger partial charge on any atom is 0.194 e. The summed E-state index contributed by atoms with van der Waals surface area (Å²) in [6, 6.07) is 5.60. The molecule has 1 aromatic heterocycles. The van der Waals surface area contributed by atoms with Crippen molar-refractivity contribution in [2.24, 2.45) is 4.99 Å². The fourth-order valence-corrected chi connectivity index (χ4v) is 3.52. The molecule has 1 atom stereocenters. The van der Waals surface area contributed by atoms with Gasteiger partial charge in [0.25, 0.3) is 0 Å². The Morgan fingerprint density at radius 1 is 1.26 bits per heavy atom. The van der Waals surface area contributed by atoms with Crippen molar-refractivity contribution in [1.82, 2.24) is 20.3 Å². The average Bonchev–Trinajstić information content (AvgIpc) is 3.19. The Bertz CT molecular complexity index is 757. The second-order valence-corrected chi connectivity index (χ2v) is 6.50. The monoisotopic (exact) mass is 377 g/mol. The molecule has 1 aliphatic rings. The average molecular weight is 377 g/mol. The first-order valence-electron chi connectivity index (χ1n) is 9.16. The highest BCUT2D eigenvalue weighted by molar-refractivity contribution is 5.79. The lowest BCUT2D eigenvalue weighted by Crippen LogP contribution is -2.53. The van der Waals surface area contributed by atoms with E-state index in [2.05, 4.69) is 25.3 Å². The van der Waals surface area contributed by atoms with Gasteiger partial charge in [0, 0.05) is 57.0 Å². The molecule has 3 rings (SSSR count). The third-order valence-corrected chi connectivity index (χ3v) is 4.89. The second-order valence-electron chi connectivity index (χ2n) is 6.50. The van der Waals surface area contributed by atoms with E-state index < -0.39 is 11.6 Å². The number of halogens is 2. The van der Waals surface area contributed by atoms with E-state index in [-0.39, 0.29) is 6.04 Å². The van der Waals surface area contributed by atoms with E-state index in [1.165, 1.54) is 12.3 Å². The van der Waals surface area contributed by atoms with Crippen LogP contribution in [-0.2, 0) is 6.54 Å². The lowest BCUT2D eigenvalue weighted by Gasteiger charge is -2.40. The second kappa shape index (κ2) is 8.94. The lowest BCUT2D eigenvalue weighted by atomic mass is 10.0. The first kappa shape index (κ1) is 19.3. The van der Waals surface area contributed by atoms with Gasteiger partial charge < -0.3 is 14.7 Å². The van der Waals surface area contributed by atoms with Gasteiger partial charge in [-0.3, -0.25) is 9.89 Å². The van der Waals surface area contributed by atoms with Crippen LogP contribution in [0.3, 0.4) is 0 Å². The van der Waals surface area contributed by atoms with Crippen molar-refractivity contribution in [2.45, 2.75) is 25.9 Å². The summed E-state index contributed by atoms with van der Waals surface area (Å²) in [6.45, 7) is 5.68. The number of hydrogen-bond donors (Lipinski definition) is 1. The quantitative estimate of drug-likeness (QED) is 0.641. The molecule has 0 aliphatic carbocycles. The van der Waals surface area contributed by atoms with Crippen LogP contribution in [0.5, 0.6) is 0 Å². The number of nitrogens with one attached hydrogen (secondary N) is 1. The van der Waals surface area contributed by atoms with Gasteiger partial charge in [0.05, 0.1) is 6.54 Å². The molecule has 2 heterocycles. The number of hydrogen-bond acceptors (Lipinski definition) is 4. The Labute approximate surface area is 157 Å². The van der Waals surface area contributed by atoms with Crippen molar-refractivity contribution < 1.29 is 13.3 Å². The molecule has 1 N–H and O–H groups in total. The van der Waals surface area contributed by atoms with Crippen LogP contribution in [0.4, 0.5) is 8.78 Å². The Hall–Kier alpha value is -2.48. The van der Waals surface area contributed by atoms with Crippen molar-refractivity contribution in [1.29, 1.82) is 0 Å². The minimum atomic E-state index is -0.544. The number of rotatable bonds is 5. The van der Waals surface area contributed by atoms with Gasteiger partial charge >= 0.3 is 0 Å². The zero-order chi connectivity index (χ0) is 19.2. The standard InChI is InChI=1S/C19H25F2N5O/c1-3-18(16-5-4-14(20)12-17(16)21)25-7-9-26(10-8-25)19(22-2)23-13-15-6-11-27-24-15/h4-6,11-12,18H,3,7-10,13H2,1-2H3,(H,22,23). The summed E-state index contributed by atoms with van der Waals surface area (Å²) in [4.78, 5) is 8.75. The Morgan fingerprint density at radius 2 is 2.04 bits per heavy atom. The third-order valence-electron chi connectivity index (χ3n) is 4.89. The molecule has 6 nitrogen and oxygen atoms in total. The third kappa shape index (κ3) is 4.63. The van der Waals surface area contributed by atoms with E-state index in [1.807, 2.05) is 6.92 Å². The number of benzene rings is 1. The van der Waals surface area contributed by atoms with Crippen molar-refractivity contribution in [2.75, 3.05) is 33.2 Å². The van der Waals surface area contributed by atoms with Gasteiger partial charge in [-0.1, -0.05) is 18.1 Å². The van der Waals surface area contributed by atoms with Crippen LogP contribution in [-0.4, -0.2) is 54.1 Å². The summed E-state index contributed by atoms with van der Waals surface area (Å²) in [6.07, 6.45) is 2.31. The molecule has 1 saturated heterocycles. The predicted molar refractivity (Wildman–Crippen MR) is 99.2 cm³/mol. The molecule has 1 aromatic carbocycles. The van der Waals surface area contributed by atoms with Crippen LogP contribution >= 0.6 is 0 Å². The van der Waals surface area contributed by atoms with Crippen LogP contribution in [0.25, 0.3) is 0 Å². The maximum atomic E-state index is 14.2. The van der Waals surface area contributed by atoms with Crippen LogP contribution in [0.2, 0.25) is 0 Å². The number of aliphatic imine (C=N–C) groups is 1. The number of nitrogens with zero attached hydrogens (tertiary/aromatic N) is 4. The molecule has 0 spiro atoms. The van der Waals surface area contributed by atoms with Gasteiger partial charge in [0.2, 0.25) is 0 Å². The predicted octanol–water partition coefficient (Wildman–Crippen LogP) is 2.80. The highest BCUT2D eigenvalue weighted by Crippen LogP contribution is 2.28. The van der Waals surface area contributed by atoms with Crippen LogP contribution < -0.4 is 5.32 Å². The van der Waals surface area contributed by atoms with E-state index >= 15 is 0 Å². The molecule has 1 aliphatic heterocycles. The van der Waals surface area contributed by atoms with Crippen molar-refractivity contribution >= 4 is 5.96 Å². The Balaban J connectivity index is 1.59. The Morgan fingerprint density at radius 3 is 2.63 bits per heavy atom. The van der Waals surface area contributed by atoms with Crippen molar-refractivity contribution in [3.63, 3.8) is 0 Å². The fourth-order valence-electron chi connectivity index (χ4n) is 3.52. The summed E-state index contributed by atoms with van der Waals surface area (Å²) in [7, 11) is 1.75. The zero-order valence-corrected chi connectivity index (χ0v) is 15.7.